The average Bonchev–Trinajstić information content (AvgIpc) is 3.39. The number of carbonyl (C=O) groups excluding carboxylic acids is 2. The Morgan fingerprint density at radius 3 is 2.63 bits per heavy atom. The Morgan fingerprint density at radius 2 is 2.00 bits per heavy atom. The first-order chi connectivity index (χ1) is 12.7. The third kappa shape index (κ3) is 4.24. The van der Waals surface area contributed by atoms with Crippen molar-refractivity contribution in [3.05, 3.63) is 64.7 Å². The van der Waals surface area contributed by atoms with Crippen LogP contribution in [-0.2, 0) is 10.2 Å². The summed E-state index contributed by atoms with van der Waals surface area (Å²) in [5, 5.41) is 2.70. The van der Waals surface area contributed by atoms with Gasteiger partial charge in [0.25, 0.3) is 0 Å². The van der Waals surface area contributed by atoms with Crippen LogP contribution in [0.4, 0.5) is 4.39 Å². The van der Waals surface area contributed by atoms with E-state index in [-0.39, 0.29) is 41.3 Å². The zero-order valence-corrected chi connectivity index (χ0v) is 16.2. The first-order valence-corrected chi connectivity index (χ1v) is 9.21. The minimum Gasteiger partial charge on any atom is -0.348 e. The van der Waals surface area contributed by atoms with Gasteiger partial charge in [-0.2, -0.15) is 0 Å². The summed E-state index contributed by atoms with van der Waals surface area (Å²) >= 11 is 0. The fourth-order valence-corrected chi connectivity index (χ4v) is 3.38. The Kier molecular flexibility index (Phi) is 5.13. The lowest BCUT2D eigenvalue weighted by atomic mass is 9.86. The van der Waals surface area contributed by atoms with Gasteiger partial charge in [0.05, 0.1) is 6.54 Å². The van der Waals surface area contributed by atoms with Crippen LogP contribution in [0.25, 0.3) is 0 Å². The number of halogens is 1. The average molecular weight is 368 g/mol. The number of hydrogen-bond acceptors (Lipinski definition) is 3. The molecule has 1 aromatic heterocycles. The number of rotatable bonds is 5. The smallest absolute Gasteiger partial charge is 0.224 e. The molecule has 0 spiro atoms. The largest absolute Gasteiger partial charge is 0.348 e. The first kappa shape index (κ1) is 19.2. The second-order valence-corrected chi connectivity index (χ2v) is 8.25. The summed E-state index contributed by atoms with van der Waals surface area (Å²) in [4.78, 5) is 28.6. The zero-order chi connectivity index (χ0) is 19.8. The van der Waals surface area contributed by atoms with Gasteiger partial charge in [0.1, 0.15) is 11.5 Å². The second-order valence-electron chi connectivity index (χ2n) is 8.25. The van der Waals surface area contributed by atoms with Crippen molar-refractivity contribution in [1.82, 2.24) is 10.3 Å². The summed E-state index contributed by atoms with van der Waals surface area (Å²) in [5.74, 6) is -0.795. The molecule has 0 saturated heterocycles. The lowest BCUT2D eigenvalue weighted by Crippen LogP contribution is -2.31. The SMILES string of the molecule is Cc1cccnc1C(=O)CNC(=O)C1CC1c1ccc(C(C)(C)C)c(F)c1. The third-order valence-corrected chi connectivity index (χ3v) is 5.05. The molecule has 5 heteroatoms. The molecule has 4 nitrogen and oxygen atoms in total. The topological polar surface area (TPSA) is 59.1 Å². The molecule has 142 valence electrons. The van der Waals surface area contributed by atoms with Crippen molar-refractivity contribution in [2.24, 2.45) is 5.92 Å². The summed E-state index contributed by atoms with van der Waals surface area (Å²) in [6.45, 7) is 7.66. The number of benzene rings is 1. The number of carbonyl (C=O) groups is 2. The monoisotopic (exact) mass is 368 g/mol. The molecule has 1 amide bonds. The summed E-state index contributed by atoms with van der Waals surface area (Å²) in [6, 6.07) is 8.84. The number of aryl methyl sites for hydroxylation is 1. The quantitative estimate of drug-likeness (QED) is 0.814. The fourth-order valence-electron chi connectivity index (χ4n) is 3.38. The molecule has 2 aromatic rings. The Labute approximate surface area is 159 Å². The van der Waals surface area contributed by atoms with Gasteiger partial charge in [0.15, 0.2) is 0 Å². The van der Waals surface area contributed by atoms with Crippen LogP contribution < -0.4 is 5.32 Å². The number of ketones is 1. The molecule has 2 atom stereocenters. The van der Waals surface area contributed by atoms with Gasteiger partial charge in [-0.15, -0.1) is 0 Å². The Bertz CT molecular complexity index is 886. The highest BCUT2D eigenvalue weighted by molar-refractivity contribution is 5.99. The number of Topliss-reactive ketones (excluding diaryl/α,β-unsaturated/α-hetero) is 1. The van der Waals surface area contributed by atoms with Crippen LogP contribution in [0.3, 0.4) is 0 Å². The van der Waals surface area contributed by atoms with E-state index < -0.39 is 0 Å². The van der Waals surface area contributed by atoms with Gasteiger partial charge >= 0.3 is 0 Å². The predicted octanol–water partition coefficient (Wildman–Crippen LogP) is 3.93. The van der Waals surface area contributed by atoms with Gasteiger partial charge in [-0.1, -0.05) is 39.0 Å². The maximum atomic E-state index is 14.4. The van der Waals surface area contributed by atoms with E-state index in [4.69, 9.17) is 0 Å². The maximum absolute atomic E-state index is 14.4. The van der Waals surface area contributed by atoms with Crippen molar-refractivity contribution in [3.8, 4) is 0 Å². The molecular weight excluding hydrogens is 343 g/mol. The Balaban J connectivity index is 1.59. The van der Waals surface area contributed by atoms with Gasteiger partial charge in [-0.3, -0.25) is 14.6 Å². The molecule has 0 bridgehead atoms. The van der Waals surface area contributed by atoms with Gasteiger partial charge in [0.2, 0.25) is 11.7 Å². The van der Waals surface area contributed by atoms with E-state index in [9.17, 15) is 14.0 Å². The first-order valence-electron chi connectivity index (χ1n) is 9.21. The highest BCUT2D eigenvalue weighted by Gasteiger charge is 2.44. The maximum Gasteiger partial charge on any atom is 0.224 e. The highest BCUT2D eigenvalue weighted by atomic mass is 19.1. The summed E-state index contributed by atoms with van der Waals surface area (Å²) in [7, 11) is 0. The number of pyridine rings is 1. The van der Waals surface area contributed by atoms with Crippen LogP contribution in [0, 0.1) is 18.7 Å². The van der Waals surface area contributed by atoms with Crippen molar-refractivity contribution in [1.29, 1.82) is 0 Å². The van der Waals surface area contributed by atoms with E-state index in [1.807, 2.05) is 45.9 Å². The normalized spacial score (nSPS) is 18.9. The van der Waals surface area contributed by atoms with E-state index in [0.29, 0.717) is 17.7 Å². The van der Waals surface area contributed by atoms with Crippen LogP contribution in [0.2, 0.25) is 0 Å². The number of nitrogens with one attached hydrogen (secondary N) is 1. The van der Waals surface area contributed by atoms with E-state index in [1.54, 1.807) is 18.3 Å². The molecule has 1 saturated carbocycles. The molecule has 1 aliphatic rings. The van der Waals surface area contributed by atoms with Crippen molar-refractivity contribution < 1.29 is 14.0 Å². The van der Waals surface area contributed by atoms with Crippen LogP contribution in [0.5, 0.6) is 0 Å². The summed E-state index contributed by atoms with van der Waals surface area (Å²) in [6.07, 6.45) is 2.24. The molecule has 0 aliphatic heterocycles. The predicted molar refractivity (Wildman–Crippen MR) is 102 cm³/mol. The van der Waals surface area contributed by atoms with Crippen LogP contribution in [0.1, 0.15) is 60.3 Å². The van der Waals surface area contributed by atoms with Gasteiger partial charge in [-0.25, -0.2) is 4.39 Å². The highest BCUT2D eigenvalue weighted by Crippen LogP contribution is 2.48. The summed E-state index contributed by atoms with van der Waals surface area (Å²) < 4.78 is 14.4. The number of aromatic nitrogens is 1. The number of hydrogen-bond donors (Lipinski definition) is 1. The van der Waals surface area contributed by atoms with Crippen LogP contribution in [-0.4, -0.2) is 23.2 Å². The number of nitrogens with zero attached hydrogens (tertiary/aromatic N) is 1. The Morgan fingerprint density at radius 1 is 1.26 bits per heavy atom. The van der Waals surface area contributed by atoms with E-state index in [1.165, 1.54) is 0 Å². The Hall–Kier alpha value is -2.56. The van der Waals surface area contributed by atoms with Crippen LogP contribution >= 0.6 is 0 Å². The summed E-state index contributed by atoms with van der Waals surface area (Å²) in [5.41, 5.74) is 2.42. The lowest BCUT2D eigenvalue weighted by molar-refractivity contribution is -0.122. The molecule has 1 heterocycles. The standard InChI is InChI=1S/C22H25FN2O2/c1-13-6-5-9-24-20(13)19(26)12-25-21(27)16-11-15(16)14-7-8-17(18(23)10-14)22(2,3)4/h5-10,15-16H,11-12H2,1-4H3,(H,25,27). The van der Waals surface area contributed by atoms with E-state index in [0.717, 1.165) is 11.1 Å². The van der Waals surface area contributed by atoms with Gasteiger partial charge < -0.3 is 5.32 Å². The van der Waals surface area contributed by atoms with Gasteiger partial charge in [-0.05, 0) is 53.5 Å². The molecule has 0 radical (unpaired) electrons. The third-order valence-electron chi connectivity index (χ3n) is 5.05. The molecule has 1 aromatic carbocycles. The molecule has 1 N–H and O–H groups in total. The molecule has 2 unspecified atom stereocenters. The van der Waals surface area contributed by atoms with E-state index in [2.05, 4.69) is 10.3 Å². The molecular formula is C22H25FN2O2. The zero-order valence-electron chi connectivity index (χ0n) is 16.2. The molecule has 1 fully saturated rings. The van der Waals surface area contributed by atoms with Crippen molar-refractivity contribution in [2.45, 2.75) is 45.4 Å². The van der Waals surface area contributed by atoms with Crippen molar-refractivity contribution in [2.75, 3.05) is 6.54 Å². The van der Waals surface area contributed by atoms with Crippen molar-refractivity contribution in [3.63, 3.8) is 0 Å². The molecule has 3 rings (SSSR count). The molecule has 27 heavy (non-hydrogen) atoms. The molecule has 1 aliphatic carbocycles. The minimum absolute atomic E-state index is 0.0141. The van der Waals surface area contributed by atoms with Crippen LogP contribution in [0.15, 0.2) is 36.5 Å². The van der Waals surface area contributed by atoms with Gasteiger partial charge in [0, 0.05) is 12.1 Å². The lowest BCUT2D eigenvalue weighted by Gasteiger charge is -2.20. The number of amides is 1. The minimum atomic E-state index is -0.257. The van der Waals surface area contributed by atoms with E-state index >= 15 is 0 Å². The fraction of sp³-hybridized carbons (Fsp3) is 0.409. The van der Waals surface area contributed by atoms with Crippen molar-refractivity contribution >= 4 is 11.7 Å². The second kappa shape index (κ2) is 7.22.